The lowest BCUT2D eigenvalue weighted by molar-refractivity contribution is 0.607. The van der Waals surface area contributed by atoms with Crippen LogP contribution in [0.2, 0.25) is 0 Å². The molecule has 0 bridgehead atoms. The van der Waals surface area contributed by atoms with Crippen molar-refractivity contribution in [3.63, 3.8) is 0 Å². The Balaban J connectivity index is 1.89. The van der Waals surface area contributed by atoms with Crippen LogP contribution in [0.4, 0.5) is 4.39 Å². The highest BCUT2D eigenvalue weighted by Crippen LogP contribution is 2.20. The molecule has 0 aromatic carbocycles. The molecule has 0 amide bonds. The van der Waals surface area contributed by atoms with Gasteiger partial charge in [0.05, 0.1) is 6.20 Å². The second-order valence-corrected chi connectivity index (χ2v) is 4.24. The molecule has 0 atom stereocenters. The largest absolute Gasteiger partial charge is 0.310 e. The molecule has 1 N–H and O–H groups in total. The van der Waals surface area contributed by atoms with Crippen molar-refractivity contribution >= 4 is 0 Å². The molecule has 1 aliphatic carbocycles. The Kier molecular flexibility index (Phi) is 2.60. The minimum Gasteiger partial charge on any atom is -0.310 e. The summed E-state index contributed by atoms with van der Waals surface area (Å²) in [5.74, 6) is 0.373. The van der Waals surface area contributed by atoms with Gasteiger partial charge in [0.1, 0.15) is 5.82 Å². The summed E-state index contributed by atoms with van der Waals surface area (Å²) < 4.78 is 14.9. The zero-order chi connectivity index (χ0) is 11.7. The van der Waals surface area contributed by atoms with Crippen molar-refractivity contribution in [2.24, 2.45) is 0 Å². The Labute approximate surface area is 98.5 Å². The molecule has 1 saturated carbocycles. The van der Waals surface area contributed by atoms with Crippen molar-refractivity contribution in [2.45, 2.75) is 25.4 Å². The molecule has 17 heavy (non-hydrogen) atoms. The highest BCUT2D eigenvalue weighted by molar-refractivity contribution is 5.33. The van der Waals surface area contributed by atoms with Gasteiger partial charge in [-0.15, -0.1) is 0 Å². The van der Waals surface area contributed by atoms with E-state index in [1.165, 1.54) is 25.1 Å². The van der Waals surface area contributed by atoms with E-state index in [1.807, 2.05) is 6.07 Å². The number of aromatic nitrogens is 3. The van der Waals surface area contributed by atoms with Crippen LogP contribution in [0.15, 0.2) is 30.7 Å². The van der Waals surface area contributed by atoms with Gasteiger partial charge in [0, 0.05) is 30.5 Å². The van der Waals surface area contributed by atoms with Gasteiger partial charge in [-0.05, 0) is 25.0 Å². The van der Waals surface area contributed by atoms with Crippen LogP contribution in [-0.2, 0) is 6.54 Å². The van der Waals surface area contributed by atoms with E-state index in [9.17, 15) is 4.39 Å². The van der Waals surface area contributed by atoms with Crippen molar-refractivity contribution < 1.29 is 4.39 Å². The van der Waals surface area contributed by atoms with E-state index in [4.69, 9.17) is 0 Å². The van der Waals surface area contributed by atoms with Gasteiger partial charge in [-0.1, -0.05) is 0 Å². The Hall–Kier alpha value is -1.75. The lowest BCUT2D eigenvalue weighted by Gasteiger charge is -2.09. The third kappa shape index (κ3) is 2.34. The third-order valence-electron chi connectivity index (χ3n) is 2.79. The summed E-state index contributed by atoms with van der Waals surface area (Å²) in [6.45, 7) is 0.630. The number of pyridine rings is 1. The summed E-state index contributed by atoms with van der Waals surface area (Å²) >= 11 is 0. The van der Waals surface area contributed by atoms with Gasteiger partial charge < -0.3 is 5.32 Å². The summed E-state index contributed by atoms with van der Waals surface area (Å²) in [7, 11) is 0. The van der Waals surface area contributed by atoms with Gasteiger partial charge in [0.2, 0.25) is 0 Å². The standard InChI is InChI=1S/C12H13FN4/c13-10-6-9(7-14-11-2-3-11)12(15-8-10)17-5-1-4-16-17/h1,4-6,8,11,14H,2-3,7H2. The quantitative estimate of drug-likeness (QED) is 0.871. The van der Waals surface area contributed by atoms with E-state index in [-0.39, 0.29) is 5.82 Å². The predicted octanol–water partition coefficient (Wildman–Crippen LogP) is 1.66. The molecule has 2 aromatic rings. The lowest BCUT2D eigenvalue weighted by Crippen LogP contribution is -2.18. The maximum Gasteiger partial charge on any atom is 0.157 e. The smallest absolute Gasteiger partial charge is 0.157 e. The SMILES string of the molecule is Fc1cnc(-n2cccn2)c(CNC2CC2)c1. The van der Waals surface area contributed by atoms with Gasteiger partial charge in [0.25, 0.3) is 0 Å². The molecule has 88 valence electrons. The molecule has 0 aliphatic heterocycles. The van der Waals surface area contributed by atoms with E-state index < -0.39 is 0 Å². The molecule has 4 nitrogen and oxygen atoms in total. The molecule has 0 saturated heterocycles. The van der Waals surface area contributed by atoms with Crippen LogP contribution in [0, 0.1) is 5.82 Å². The minimum atomic E-state index is -0.312. The fraction of sp³-hybridized carbons (Fsp3) is 0.333. The van der Waals surface area contributed by atoms with E-state index in [0.717, 1.165) is 5.56 Å². The van der Waals surface area contributed by atoms with Crippen LogP contribution in [0.5, 0.6) is 0 Å². The normalized spacial score (nSPS) is 15.1. The number of nitrogens with zero attached hydrogens (tertiary/aromatic N) is 3. The average molecular weight is 232 g/mol. The van der Waals surface area contributed by atoms with E-state index in [0.29, 0.717) is 18.4 Å². The van der Waals surface area contributed by atoms with Crippen molar-refractivity contribution in [1.82, 2.24) is 20.1 Å². The molecule has 3 rings (SSSR count). The van der Waals surface area contributed by atoms with Crippen molar-refractivity contribution in [1.29, 1.82) is 0 Å². The summed E-state index contributed by atoms with van der Waals surface area (Å²) in [5.41, 5.74) is 0.834. The molecule has 1 aliphatic rings. The zero-order valence-electron chi connectivity index (χ0n) is 9.31. The van der Waals surface area contributed by atoms with Crippen LogP contribution in [0.1, 0.15) is 18.4 Å². The van der Waals surface area contributed by atoms with Crippen LogP contribution in [0.25, 0.3) is 5.82 Å². The summed E-state index contributed by atoms with van der Waals surface area (Å²) in [6, 6.07) is 3.92. The first-order valence-corrected chi connectivity index (χ1v) is 5.71. The Morgan fingerprint density at radius 1 is 1.47 bits per heavy atom. The maximum absolute atomic E-state index is 13.2. The van der Waals surface area contributed by atoms with Crippen LogP contribution in [0.3, 0.4) is 0 Å². The fourth-order valence-corrected chi connectivity index (χ4v) is 1.75. The molecule has 2 aromatic heterocycles. The summed E-state index contributed by atoms with van der Waals surface area (Å²) in [6.07, 6.45) is 7.13. The maximum atomic E-state index is 13.2. The predicted molar refractivity (Wildman–Crippen MR) is 61.2 cm³/mol. The first-order chi connectivity index (χ1) is 8.33. The van der Waals surface area contributed by atoms with Gasteiger partial charge in [-0.2, -0.15) is 5.10 Å². The first-order valence-electron chi connectivity index (χ1n) is 5.71. The van der Waals surface area contributed by atoms with Crippen molar-refractivity contribution in [2.75, 3.05) is 0 Å². The van der Waals surface area contributed by atoms with Crippen LogP contribution >= 0.6 is 0 Å². The number of nitrogens with one attached hydrogen (secondary N) is 1. The molecule has 2 heterocycles. The summed E-state index contributed by atoms with van der Waals surface area (Å²) in [5, 5.41) is 7.48. The second-order valence-electron chi connectivity index (χ2n) is 4.24. The van der Waals surface area contributed by atoms with E-state index in [1.54, 1.807) is 17.1 Å². The fourth-order valence-electron chi connectivity index (χ4n) is 1.75. The van der Waals surface area contributed by atoms with Gasteiger partial charge in [-0.25, -0.2) is 14.1 Å². The van der Waals surface area contributed by atoms with Gasteiger partial charge in [0.15, 0.2) is 5.82 Å². The summed E-state index contributed by atoms with van der Waals surface area (Å²) in [4.78, 5) is 4.10. The van der Waals surface area contributed by atoms with Crippen molar-refractivity contribution in [3.05, 3.63) is 42.1 Å². The Morgan fingerprint density at radius 2 is 2.35 bits per heavy atom. The average Bonchev–Trinajstić information content (AvgIpc) is 3.00. The minimum absolute atomic E-state index is 0.312. The molecular formula is C12H13FN4. The number of hydrogen-bond donors (Lipinski definition) is 1. The number of hydrogen-bond acceptors (Lipinski definition) is 3. The molecule has 0 radical (unpaired) electrons. The highest BCUT2D eigenvalue weighted by atomic mass is 19.1. The molecule has 0 unspecified atom stereocenters. The highest BCUT2D eigenvalue weighted by Gasteiger charge is 2.21. The van der Waals surface area contributed by atoms with Gasteiger partial charge >= 0.3 is 0 Å². The monoisotopic (exact) mass is 232 g/mol. The van der Waals surface area contributed by atoms with E-state index in [2.05, 4.69) is 15.4 Å². The molecule has 1 fully saturated rings. The Morgan fingerprint density at radius 3 is 3.06 bits per heavy atom. The third-order valence-corrected chi connectivity index (χ3v) is 2.79. The van der Waals surface area contributed by atoms with Crippen molar-refractivity contribution in [3.8, 4) is 5.82 Å². The number of rotatable bonds is 4. The second kappa shape index (κ2) is 4.25. The molecule has 5 heteroatoms. The van der Waals surface area contributed by atoms with Gasteiger partial charge in [-0.3, -0.25) is 0 Å². The molecule has 0 spiro atoms. The lowest BCUT2D eigenvalue weighted by atomic mass is 10.2. The molecular weight excluding hydrogens is 219 g/mol. The first kappa shape index (κ1) is 10.4. The van der Waals surface area contributed by atoms with Crippen LogP contribution in [-0.4, -0.2) is 20.8 Å². The Bertz CT molecular complexity index is 505. The topological polar surface area (TPSA) is 42.7 Å². The van der Waals surface area contributed by atoms with E-state index >= 15 is 0 Å². The zero-order valence-corrected chi connectivity index (χ0v) is 9.31. The number of halogens is 1. The van der Waals surface area contributed by atoms with Crippen LogP contribution < -0.4 is 5.32 Å².